The Bertz CT molecular complexity index is 414. The lowest BCUT2D eigenvalue weighted by Gasteiger charge is -2.41. The van der Waals surface area contributed by atoms with Crippen LogP contribution in [-0.4, -0.2) is 36.6 Å². The van der Waals surface area contributed by atoms with Crippen LogP contribution < -0.4 is 5.32 Å². The van der Waals surface area contributed by atoms with Gasteiger partial charge in [0.2, 0.25) is 0 Å². The minimum atomic E-state index is -0.164. The molecule has 1 aliphatic heterocycles. The van der Waals surface area contributed by atoms with Crippen LogP contribution in [0, 0.1) is 5.82 Å². The molecule has 0 saturated carbocycles. The van der Waals surface area contributed by atoms with E-state index in [1.165, 1.54) is 6.07 Å². The van der Waals surface area contributed by atoms with Crippen molar-refractivity contribution in [2.24, 2.45) is 0 Å². The highest BCUT2D eigenvalue weighted by Crippen LogP contribution is 2.24. The fourth-order valence-electron chi connectivity index (χ4n) is 2.53. The summed E-state index contributed by atoms with van der Waals surface area (Å²) in [6.45, 7) is 8.35. The standard InChI is InChI=1S/C14H20ClFN2/c1-14(2,18-7-5-17-6-8-18)10-11-9-12(15)3-4-13(11)16/h3-4,9,17H,5-8,10H2,1-2H3. The van der Waals surface area contributed by atoms with Crippen molar-refractivity contribution in [1.29, 1.82) is 0 Å². The Morgan fingerprint density at radius 3 is 2.67 bits per heavy atom. The van der Waals surface area contributed by atoms with Crippen molar-refractivity contribution >= 4 is 11.6 Å². The van der Waals surface area contributed by atoms with Gasteiger partial charge >= 0.3 is 0 Å². The fourth-order valence-corrected chi connectivity index (χ4v) is 2.72. The number of rotatable bonds is 3. The number of hydrogen-bond acceptors (Lipinski definition) is 2. The highest BCUT2D eigenvalue weighted by atomic mass is 35.5. The quantitative estimate of drug-likeness (QED) is 0.909. The van der Waals surface area contributed by atoms with Crippen LogP contribution in [0.5, 0.6) is 0 Å². The van der Waals surface area contributed by atoms with Crippen molar-refractivity contribution in [2.45, 2.75) is 25.8 Å². The van der Waals surface area contributed by atoms with Gasteiger partial charge in [0.1, 0.15) is 5.82 Å². The topological polar surface area (TPSA) is 15.3 Å². The van der Waals surface area contributed by atoms with Crippen molar-refractivity contribution in [2.75, 3.05) is 26.2 Å². The molecule has 0 unspecified atom stereocenters. The summed E-state index contributed by atoms with van der Waals surface area (Å²) in [5, 5.41) is 3.93. The van der Waals surface area contributed by atoms with E-state index in [1.54, 1.807) is 12.1 Å². The molecule has 0 aromatic heterocycles. The summed E-state index contributed by atoms with van der Waals surface area (Å²) < 4.78 is 13.8. The Labute approximate surface area is 113 Å². The lowest BCUT2D eigenvalue weighted by Crippen LogP contribution is -2.54. The maximum absolute atomic E-state index is 13.8. The van der Waals surface area contributed by atoms with E-state index in [0.717, 1.165) is 26.2 Å². The van der Waals surface area contributed by atoms with Crippen LogP contribution in [0.2, 0.25) is 5.02 Å². The molecule has 1 saturated heterocycles. The van der Waals surface area contributed by atoms with Gasteiger partial charge in [0.25, 0.3) is 0 Å². The van der Waals surface area contributed by atoms with E-state index in [-0.39, 0.29) is 11.4 Å². The van der Waals surface area contributed by atoms with E-state index in [2.05, 4.69) is 24.1 Å². The number of nitrogens with zero attached hydrogens (tertiary/aromatic N) is 1. The first kappa shape index (κ1) is 13.8. The molecule has 1 fully saturated rings. The third kappa shape index (κ3) is 3.22. The maximum atomic E-state index is 13.8. The molecule has 1 aromatic carbocycles. The molecule has 2 nitrogen and oxygen atoms in total. The molecule has 100 valence electrons. The fraction of sp³-hybridized carbons (Fsp3) is 0.571. The smallest absolute Gasteiger partial charge is 0.126 e. The van der Waals surface area contributed by atoms with Gasteiger partial charge in [-0.05, 0) is 44.0 Å². The molecule has 0 bridgehead atoms. The second-order valence-corrected chi connectivity index (χ2v) is 5.90. The van der Waals surface area contributed by atoms with Gasteiger partial charge in [-0.25, -0.2) is 4.39 Å². The average Bonchev–Trinajstić information content (AvgIpc) is 2.35. The zero-order valence-corrected chi connectivity index (χ0v) is 11.7. The first-order valence-corrected chi connectivity index (χ1v) is 6.76. The van der Waals surface area contributed by atoms with Gasteiger partial charge in [-0.15, -0.1) is 0 Å². The molecule has 4 heteroatoms. The molecule has 0 atom stereocenters. The van der Waals surface area contributed by atoms with Crippen molar-refractivity contribution in [3.8, 4) is 0 Å². The van der Waals surface area contributed by atoms with Crippen LogP contribution in [0.3, 0.4) is 0 Å². The minimum Gasteiger partial charge on any atom is -0.314 e. The lowest BCUT2D eigenvalue weighted by molar-refractivity contribution is 0.103. The molecular formula is C14H20ClFN2. The molecule has 18 heavy (non-hydrogen) atoms. The Morgan fingerprint density at radius 2 is 2.00 bits per heavy atom. The van der Waals surface area contributed by atoms with Crippen LogP contribution in [-0.2, 0) is 6.42 Å². The van der Waals surface area contributed by atoms with E-state index in [1.807, 2.05) is 0 Å². The van der Waals surface area contributed by atoms with Gasteiger partial charge in [-0.2, -0.15) is 0 Å². The minimum absolute atomic E-state index is 0.0480. The van der Waals surface area contributed by atoms with E-state index in [4.69, 9.17) is 11.6 Å². The first-order chi connectivity index (χ1) is 8.49. The molecule has 1 N–H and O–H groups in total. The Morgan fingerprint density at radius 1 is 1.33 bits per heavy atom. The third-order valence-corrected chi connectivity index (χ3v) is 3.84. The number of piperazine rings is 1. The zero-order valence-electron chi connectivity index (χ0n) is 11.0. The molecule has 0 radical (unpaired) electrons. The summed E-state index contributed by atoms with van der Waals surface area (Å²) in [6, 6.07) is 4.78. The molecule has 0 amide bonds. The van der Waals surface area contributed by atoms with Gasteiger partial charge in [0, 0.05) is 36.7 Å². The second-order valence-electron chi connectivity index (χ2n) is 5.46. The van der Waals surface area contributed by atoms with Crippen LogP contribution >= 0.6 is 11.6 Å². The lowest BCUT2D eigenvalue weighted by atomic mass is 9.92. The molecule has 2 rings (SSSR count). The van der Waals surface area contributed by atoms with E-state index >= 15 is 0 Å². The Kier molecular flexibility index (Phi) is 4.25. The molecule has 1 aliphatic rings. The van der Waals surface area contributed by atoms with Gasteiger partial charge in [0.15, 0.2) is 0 Å². The highest BCUT2D eigenvalue weighted by Gasteiger charge is 2.28. The maximum Gasteiger partial charge on any atom is 0.126 e. The third-order valence-electron chi connectivity index (χ3n) is 3.60. The van der Waals surface area contributed by atoms with Gasteiger partial charge in [-0.3, -0.25) is 4.90 Å². The SMILES string of the molecule is CC(C)(Cc1cc(Cl)ccc1F)N1CCNCC1. The van der Waals surface area contributed by atoms with Gasteiger partial charge in [-0.1, -0.05) is 11.6 Å². The number of benzene rings is 1. The van der Waals surface area contributed by atoms with Crippen LogP contribution in [0.15, 0.2) is 18.2 Å². The molecule has 0 spiro atoms. The first-order valence-electron chi connectivity index (χ1n) is 6.39. The summed E-state index contributed by atoms with van der Waals surface area (Å²) in [4.78, 5) is 2.41. The molecule has 1 aromatic rings. The normalized spacial score (nSPS) is 18.0. The predicted molar refractivity (Wildman–Crippen MR) is 73.6 cm³/mol. The largest absolute Gasteiger partial charge is 0.314 e. The van der Waals surface area contributed by atoms with Gasteiger partial charge in [0.05, 0.1) is 0 Å². The monoisotopic (exact) mass is 270 g/mol. The zero-order chi connectivity index (χ0) is 13.2. The van der Waals surface area contributed by atoms with Crippen molar-refractivity contribution in [3.63, 3.8) is 0 Å². The molecule has 0 aliphatic carbocycles. The van der Waals surface area contributed by atoms with Crippen LogP contribution in [0.1, 0.15) is 19.4 Å². The highest BCUT2D eigenvalue weighted by molar-refractivity contribution is 6.30. The number of nitrogens with one attached hydrogen (secondary N) is 1. The van der Waals surface area contributed by atoms with E-state index in [9.17, 15) is 4.39 Å². The van der Waals surface area contributed by atoms with E-state index < -0.39 is 0 Å². The van der Waals surface area contributed by atoms with Gasteiger partial charge < -0.3 is 5.32 Å². The number of halogens is 2. The summed E-state index contributed by atoms with van der Waals surface area (Å²) in [7, 11) is 0. The van der Waals surface area contributed by atoms with Crippen molar-refractivity contribution < 1.29 is 4.39 Å². The summed E-state index contributed by atoms with van der Waals surface area (Å²) in [5.74, 6) is -0.164. The van der Waals surface area contributed by atoms with Crippen molar-refractivity contribution in [1.82, 2.24) is 10.2 Å². The number of hydrogen-bond donors (Lipinski definition) is 1. The summed E-state index contributed by atoms with van der Waals surface area (Å²) in [5.41, 5.74) is 0.652. The average molecular weight is 271 g/mol. The predicted octanol–water partition coefficient (Wildman–Crippen LogP) is 2.71. The summed E-state index contributed by atoms with van der Waals surface area (Å²) >= 11 is 5.94. The van der Waals surface area contributed by atoms with Crippen molar-refractivity contribution in [3.05, 3.63) is 34.6 Å². The summed E-state index contributed by atoms with van der Waals surface area (Å²) in [6.07, 6.45) is 0.680. The molecular weight excluding hydrogens is 251 g/mol. The Hall–Kier alpha value is -0.640. The van der Waals surface area contributed by atoms with Crippen LogP contribution in [0.4, 0.5) is 4.39 Å². The Balaban J connectivity index is 2.13. The second kappa shape index (κ2) is 5.55. The molecule has 1 heterocycles. The van der Waals surface area contributed by atoms with Crippen LogP contribution in [0.25, 0.3) is 0 Å². The van der Waals surface area contributed by atoms with E-state index in [0.29, 0.717) is 17.0 Å².